The summed E-state index contributed by atoms with van der Waals surface area (Å²) in [7, 11) is 0. The van der Waals surface area contributed by atoms with Crippen molar-refractivity contribution in [1.29, 1.82) is 0 Å². The molecule has 2 saturated heterocycles. The van der Waals surface area contributed by atoms with Crippen LogP contribution in [0.2, 0.25) is 0 Å². The van der Waals surface area contributed by atoms with Crippen molar-refractivity contribution >= 4 is 0 Å². The third-order valence-corrected chi connectivity index (χ3v) is 3.82. The number of aliphatic hydroxyl groups excluding tert-OH is 1. The molecule has 0 aromatic carbocycles. The number of nitrogens with zero attached hydrogens (tertiary/aromatic N) is 2. The van der Waals surface area contributed by atoms with Crippen LogP contribution in [0.3, 0.4) is 0 Å². The summed E-state index contributed by atoms with van der Waals surface area (Å²) in [5.74, 6) is 0. The van der Waals surface area contributed by atoms with Crippen molar-refractivity contribution in [2.24, 2.45) is 0 Å². The van der Waals surface area contributed by atoms with Gasteiger partial charge < -0.3 is 9.84 Å². The molecule has 2 unspecified atom stereocenters. The Morgan fingerprint density at radius 1 is 1.31 bits per heavy atom. The van der Waals surface area contributed by atoms with Crippen LogP contribution in [-0.4, -0.2) is 73.0 Å². The number of fused-ring (bicyclic) bond motifs is 1. The largest absolute Gasteiger partial charge is 0.394 e. The van der Waals surface area contributed by atoms with Crippen molar-refractivity contribution < 1.29 is 9.84 Å². The lowest BCUT2D eigenvalue weighted by molar-refractivity contribution is 0.0233. The van der Waals surface area contributed by atoms with Crippen LogP contribution in [0.15, 0.2) is 0 Å². The summed E-state index contributed by atoms with van der Waals surface area (Å²) < 4.78 is 5.34. The maximum Gasteiger partial charge on any atom is 0.0698 e. The summed E-state index contributed by atoms with van der Waals surface area (Å²) in [6, 6.07) is 1.43. The normalized spacial score (nSPS) is 31.9. The molecule has 2 rings (SSSR count). The average molecular weight is 228 g/mol. The highest BCUT2D eigenvalue weighted by molar-refractivity contribution is 4.90. The minimum absolute atomic E-state index is 0.131. The zero-order chi connectivity index (χ0) is 11.4. The Hall–Kier alpha value is -0.160. The minimum Gasteiger partial charge on any atom is -0.394 e. The molecule has 2 aliphatic rings. The topological polar surface area (TPSA) is 35.9 Å². The Balaban J connectivity index is 1.72. The van der Waals surface area contributed by atoms with Gasteiger partial charge in [-0.05, 0) is 26.3 Å². The summed E-state index contributed by atoms with van der Waals surface area (Å²) in [5, 5.41) is 8.63. The van der Waals surface area contributed by atoms with Gasteiger partial charge in [0.2, 0.25) is 0 Å². The summed E-state index contributed by atoms with van der Waals surface area (Å²) in [6.07, 6.45) is 2.73. The Bertz CT molecular complexity index is 213. The van der Waals surface area contributed by atoms with Crippen molar-refractivity contribution in [1.82, 2.24) is 9.80 Å². The molecular weight excluding hydrogens is 204 g/mol. The van der Waals surface area contributed by atoms with Gasteiger partial charge in [0, 0.05) is 31.7 Å². The molecule has 4 heteroatoms. The first-order chi connectivity index (χ1) is 7.81. The maximum absolute atomic E-state index is 8.63. The average Bonchev–Trinajstić information content (AvgIpc) is 2.71. The SMILES string of the molecule is CC1CN2CCCC2CN1CCOCCO. The van der Waals surface area contributed by atoms with E-state index < -0.39 is 0 Å². The highest BCUT2D eigenvalue weighted by Gasteiger charge is 2.33. The molecule has 2 heterocycles. The number of hydrogen-bond donors (Lipinski definition) is 1. The molecule has 0 aliphatic carbocycles. The molecule has 1 N–H and O–H groups in total. The van der Waals surface area contributed by atoms with E-state index in [0.717, 1.165) is 19.2 Å². The van der Waals surface area contributed by atoms with Crippen molar-refractivity contribution in [2.45, 2.75) is 31.8 Å². The molecule has 16 heavy (non-hydrogen) atoms. The third-order valence-electron chi connectivity index (χ3n) is 3.82. The van der Waals surface area contributed by atoms with Gasteiger partial charge in [0.25, 0.3) is 0 Å². The van der Waals surface area contributed by atoms with Gasteiger partial charge in [-0.15, -0.1) is 0 Å². The second-order valence-corrected chi connectivity index (χ2v) is 4.97. The van der Waals surface area contributed by atoms with Crippen LogP contribution in [-0.2, 0) is 4.74 Å². The molecule has 0 saturated carbocycles. The first-order valence-electron chi connectivity index (χ1n) is 6.48. The second-order valence-electron chi connectivity index (χ2n) is 4.97. The summed E-state index contributed by atoms with van der Waals surface area (Å²) in [6.45, 7) is 8.37. The van der Waals surface area contributed by atoms with E-state index in [1.54, 1.807) is 0 Å². The van der Waals surface area contributed by atoms with E-state index >= 15 is 0 Å². The van der Waals surface area contributed by atoms with Gasteiger partial charge >= 0.3 is 0 Å². The van der Waals surface area contributed by atoms with E-state index in [0.29, 0.717) is 12.6 Å². The van der Waals surface area contributed by atoms with Gasteiger partial charge in [-0.25, -0.2) is 0 Å². The Morgan fingerprint density at radius 3 is 3.00 bits per heavy atom. The number of rotatable bonds is 5. The second kappa shape index (κ2) is 5.96. The summed E-state index contributed by atoms with van der Waals surface area (Å²) >= 11 is 0. The fraction of sp³-hybridized carbons (Fsp3) is 1.00. The van der Waals surface area contributed by atoms with Crippen molar-refractivity contribution in [3.05, 3.63) is 0 Å². The van der Waals surface area contributed by atoms with Gasteiger partial charge in [0.05, 0.1) is 19.8 Å². The molecular formula is C12H24N2O2. The van der Waals surface area contributed by atoms with Gasteiger partial charge in [-0.2, -0.15) is 0 Å². The van der Waals surface area contributed by atoms with Crippen LogP contribution in [0, 0.1) is 0 Å². The predicted molar refractivity (Wildman–Crippen MR) is 63.5 cm³/mol. The van der Waals surface area contributed by atoms with Gasteiger partial charge in [-0.1, -0.05) is 0 Å². The monoisotopic (exact) mass is 228 g/mol. The first kappa shape index (κ1) is 12.3. The van der Waals surface area contributed by atoms with E-state index in [4.69, 9.17) is 9.84 Å². The lowest BCUT2D eigenvalue weighted by atomic mass is 10.1. The summed E-state index contributed by atoms with van der Waals surface area (Å²) in [4.78, 5) is 5.17. The standard InChI is InChI=1S/C12H24N2O2/c1-11-9-14-4-2-3-12(14)10-13(11)5-7-16-8-6-15/h11-12,15H,2-10H2,1H3. The predicted octanol–water partition coefficient (Wildman–Crippen LogP) is 0.164. The molecule has 4 nitrogen and oxygen atoms in total. The van der Waals surface area contributed by atoms with E-state index in [-0.39, 0.29) is 6.61 Å². The van der Waals surface area contributed by atoms with Crippen LogP contribution < -0.4 is 0 Å². The molecule has 0 amide bonds. The van der Waals surface area contributed by atoms with Crippen LogP contribution >= 0.6 is 0 Å². The van der Waals surface area contributed by atoms with E-state index in [1.165, 1.54) is 32.5 Å². The third kappa shape index (κ3) is 2.94. The fourth-order valence-corrected chi connectivity index (χ4v) is 2.91. The number of ether oxygens (including phenoxy) is 1. The highest BCUT2D eigenvalue weighted by Crippen LogP contribution is 2.24. The van der Waals surface area contributed by atoms with E-state index in [2.05, 4.69) is 16.7 Å². The minimum atomic E-state index is 0.131. The van der Waals surface area contributed by atoms with Gasteiger partial charge in [0.15, 0.2) is 0 Å². The first-order valence-corrected chi connectivity index (χ1v) is 6.48. The molecule has 0 aromatic heterocycles. The van der Waals surface area contributed by atoms with Gasteiger partial charge in [0.1, 0.15) is 0 Å². The fourth-order valence-electron chi connectivity index (χ4n) is 2.91. The lowest BCUT2D eigenvalue weighted by Crippen LogP contribution is -2.55. The molecule has 0 radical (unpaired) electrons. The number of hydrogen-bond acceptors (Lipinski definition) is 4. The summed E-state index contributed by atoms with van der Waals surface area (Å²) in [5.41, 5.74) is 0. The molecule has 0 bridgehead atoms. The molecule has 0 spiro atoms. The number of piperazine rings is 1. The molecule has 2 fully saturated rings. The van der Waals surface area contributed by atoms with Crippen molar-refractivity contribution in [3.63, 3.8) is 0 Å². The molecule has 2 atom stereocenters. The van der Waals surface area contributed by atoms with Crippen LogP contribution in [0.25, 0.3) is 0 Å². The Morgan fingerprint density at radius 2 is 2.19 bits per heavy atom. The Labute approximate surface area is 98.2 Å². The molecule has 0 aromatic rings. The van der Waals surface area contributed by atoms with Crippen molar-refractivity contribution in [3.8, 4) is 0 Å². The zero-order valence-corrected chi connectivity index (χ0v) is 10.3. The molecule has 2 aliphatic heterocycles. The maximum atomic E-state index is 8.63. The van der Waals surface area contributed by atoms with E-state index in [1.807, 2.05) is 0 Å². The van der Waals surface area contributed by atoms with Gasteiger partial charge in [-0.3, -0.25) is 9.80 Å². The zero-order valence-electron chi connectivity index (χ0n) is 10.3. The highest BCUT2D eigenvalue weighted by atomic mass is 16.5. The number of aliphatic hydroxyl groups is 1. The quantitative estimate of drug-likeness (QED) is 0.680. The van der Waals surface area contributed by atoms with Crippen LogP contribution in [0.5, 0.6) is 0 Å². The Kier molecular flexibility index (Phi) is 4.58. The lowest BCUT2D eigenvalue weighted by Gasteiger charge is -2.42. The molecule has 94 valence electrons. The van der Waals surface area contributed by atoms with E-state index in [9.17, 15) is 0 Å². The van der Waals surface area contributed by atoms with Crippen LogP contribution in [0.4, 0.5) is 0 Å². The smallest absolute Gasteiger partial charge is 0.0698 e. The van der Waals surface area contributed by atoms with Crippen molar-refractivity contribution in [2.75, 3.05) is 46.0 Å². The van der Waals surface area contributed by atoms with Crippen LogP contribution in [0.1, 0.15) is 19.8 Å².